The lowest BCUT2D eigenvalue weighted by Gasteiger charge is -2.06. The lowest BCUT2D eigenvalue weighted by atomic mass is 10.1. The Hall–Kier alpha value is -3.13. The first kappa shape index (κ1) is 21.6. The molecule has 1 amide bonds. The van der Waals surface area contributed by atoms with E-state index in [1.165, 1.54) is 5.56 Å². The van der Waals surface area contributed by atoms with Crippen LogP contribution in [0.1, 0.15) is 34.8 Å². The highest BCUT2D eigenvalue weighted by molar-refractivity contribution is 7.99. The third-order valence-electron chi connectivity index (χ3n) is 4.33. The van der Waals surface area contributed by atoms with E-state index in [1.807, 2.05) is 39.0 Å². The van der Waals surface area contributed by atoms with Crippen LogP contribution < -0.4 is 5.32 Å². The molecule has 0 saturated heterocycles. The first-order valence-electron chi connectivity index (χ1n) is 9.57. The van der Waals surface area contributed by atoms with E-state index in [9.17, 15) is 9.59 Å². The van der Waals surface area contributed by atoms with Gasteiger partial charge in [0.2, 0.25) is 11.8 Å². The second kappa shape index (κ2) is 10.1. The van der Waals surface area contributed by atoms with Gasteiger partial charge in [-0.3, -0.25) is 4.79 Å². The minimum atomic E-state index is -0.374. The highest BCUT2D eigenvalue weighted by Crippen LogP contribution is 2.25. The maximum absolute atomic E-state index is 12.2. The maximum Gasteiger partial charge on any atom is 0.338 e. The largest absolute Gasteiger partial charge is 0.462 e. The number of amides is 1. The Morgan fingerprint density at radius 1 is 1.07 bits per heavy atom. The summed E-state index contributed by atoms with van der Waals surface area (Å²) in [5, 5.41) is 11.1. The van der Waals surface area contributed by atoms with E-state index in [-0.39, 0.29) is 17.6 Å². The Morgan fingerprint density at radius 3 is 2.53 bits per heavy atom. The van der Waals surface area contributed by atoms with Gasteiger partial charge in [0.1, 0.15) is 0 Å². The van der Waals surface area contributed by atoms with Crippen LogP contribution in [0.15, 0.2) is 52.1 Å². The third kappa shape index (κ3) is 5.70. The van der Waals surface area contributed by atoms with Gasteiger partial charge < -0.3 is 14.5 Å². The molecule has 0 unspecified atom stereocenters. The van der Waals surface area contributed by atoms with Crippen LogP contribution in [-0.2, 0) is 9.53 Å². The van der Waals surface area contributed by atoms with Gasteiger partial charge in [0.25, 0.3) is 5.22 Å². The van der Waals surface area contributed by atoms with Gasteiger partial charge in [-0.2, -0.15) is 0 Å². The van der Waals surface area contributed by atoms with Gasteiger partial charge in [0, 0.05) is 11.3 Å². The summed E-state index contributed by atoms with van der Waals surface area (Å²) in [6.45, 7) is 6.38. The number of hydrogen-bond acceptors (Lipinski definition) is 7. The van der Waals surface area contributed by atoms with Crippen molar-refractivity contribution >= 4 is 29.3 Å². The van der Waals surface area contributed by atoms with Crippen LogP contribution in [0.2, 0.25) is 0 Å². The standard InChI is InChI=1S/C22H23N3O4S/c1-4-11-28-21(27)16-7-9-18(10-8-16)23-19(26)13-30-22-25-24-20(29-22)17-6-5-14(2)15(3)12-17/h5-10,12H,4,11,13H2,1-3H3,(H,23,26). The number of hydrogen-bond donors (Lipinski definition) is 1. The van der Waals surface area contributed by atoms with E-state index < -0.39 is 0 Å². The monoisotopic (exact) mass is 425 g/mol. The van der Waals surface area contributed by atoms with Crippen molar-refractivity contribution in [2.75, 3.05) is 17.7 Å². The van der Waals surface area contributed by atoms with Crippen molar-refractivity contribution < 1.29 is 18.7 Å². The topological polar surface area (TPSA) is 94.3 Å². The predicted molar refractivity (Wildman–Crippen MR) is 116 cm³/mol. The number of esters is 1. The van der Waals surface area contributed by atoms with E-state index in [0.717, 1.165) is 29.3 Å². The summed E-state index contributed by atoms with van der Waals surface area (Å²) in [5.41, 5.74) is 4.22. The van der Waals surface area contributed by atoms with Crippen LogP contribution in [0.4, 0.5) is 5.69 Å². The molecule has 1 heterocycles. The van der Waals surface area contributed by atoms with Crippen LogP contribution in [0, 0.1) is 13.8 Å². The summed E-state index contributed by atoms with van der Waals surface area (Å²) in [6.07, 6.45) is 0.768. The van der Waals surface area contributed by atoms with Crippen LogP contribution in [0.5, 0.6) is 0 Å². The van der Waals surface area contributed by atoms with Gasteiger partial charge in [-0.15, -0.1) is 10.2 Å². The van der Waals surface area contributed by atoms with Crippen LogP contribution in [0.3, 0.4) is 0 Å². The number of nitrogens with one attached hydrogen (secondary N) is 1. The SMILES string of the molecule is CCCOC(=O)c1ccc(NC(=O)CSc2nnc(-c3ccc(C)c(C)c3)o2)cc1. The number of ether oxygens (including phenoxy) is 1. The van der Waals surface area contributed by atoms with Crippen molar-refractivity contribution in [1.29, 1.82) is 0 Å². The molecule has 0 aliphatic heterocycles. The van der Waals surface area contributed by atoms with E-state index in [0.29, 0.717) is 29.0 Å². The molecular formula is C22H23N3O4S. The van der Waals surface area contributed by atoms with Crippen LogP contribution in [0.25, 0.3) is 11.5 Å². The molecule has 0 bridgehead atoms. The Bertz CT molecular complexity index is 1030. The molecule has 1 N–H and O–H groups in total. The summed E-state index contributed by atoms with van der Waals surface area (Å²) in [6, 6.07) is 12.5. The van der Waals surface area contributed by atoms with E-state index in [2.05, 4.69) is 15.5 Å². The quantitative estimate of drug-likeness (QED) is 0.415. The summed E-state index contributed by atoms with van der Waals surface area (Å²) in [4.78, 5) is 24.0. The Balaban J connectivity index is 1.52. The number of rotatable bonds is 8. The van der Waals surface area contributed by atoms with Gasteiger partial charge in [-0.1, -0.05) is 24.8 Å². The molecule has 7 nitrogen and oxygen atoms in total. The van der Waals surface area contributed by atoms with E-state index in [1.54, 1.807) is 24.3 Å². The molecular weight excluding hydrogens is 402 g/mol. The van der Waals surface area contributed by atoms with Gasteiger partial charge in [0.15, 0.2) is 0 Å². The number of aromatic nitrogens is 2. The zero-order chi connectivity index (χ0) is 21.5. The number of anilines is 1. The summed E-state index contributed by atoms with van der Waals surface area (Å²) >= 11 is 1.16. The van der Waals surface area contributed by atoms with Gasteiger partial charge in [-0.25, -0.2) is 4.79 Å². The highest BCUT2D eigenvalue weighted by atomic mass is 32.2. The Labute approximate surface area is 179 Å². The van der Waals surface area contributed by atoms with Gasteiger partial charge >= 0.3 is 5.97 Å². The average molecular weight is 426 g/mol. The highest BCUT2D eigenvalue weighted by Gasteiger charge is 2.12. The zero-order valence-electron chi connectivity index (χ0n) is 17.1. The number of carbonyl (C=O) groups excluding carboxylic acids is 2. The fourth-order valence-electron chi connectivity index (χ4n) is 2.55. The number of carbonyl (C=O) groups is 2. The normalized spacial score (nSPS) is 10.6. The van der Waals surface area contributed by atoms with Crippen LogP contribution >= 0.6 is 11.8 Å². The van der Waals surface area contributed by atoms with Gasteiger partial charge in [-0.05, 0) is 67.8 Å². The fraction of sp³-hybridized carbons (Fsp3) is 0.273. The smallest absolute Gasteiger partial charge is 0.338 e. The summed E-state index contributed by atoms with van der Waals surface area (Å²) in [5.74, 6) is -0.0467. The average Bonchev–Trinajstić information content (AvgIpc) is 3.22. The first-order valence-corrected chi connectivity index (χ1v) is 10.6. The molecule has 8 heteroatoms. The number of thioether (sulfide) groups is 1. The molecule has 0 radical (unpaired) electrons. The van der Waals surface area contributed by atoms with Crippen molar-refractivity contribution in [2.24, 2.45) is 0 Å². The molecule has 2 aromatic carbocycles. The van der Waals surface area contributed by atoms with Gasteiger partial charge in [0.05, 0.1) is 17.9 Å². The minimum absolute atomic E-state index is 0.120. The molecule has 30 heavy (non-hydrogen) atoms. The van der Waals surface area contributed by atoms with Crippen molar-refractivity contribution in [3.63, 3.8) is 0 Å². The lowest BCUT2D eigenvalue weighted by Crippen LogP contribution is -2.14. The lowest BCUT2D eigenvalue weighted by molar-refractivity contribution is -0.113. The molecule has 3 aromatic rings. The second-order valence-corrected chi connectivity index (χ2v) is 7.65. The molecule has 0 saturated carbocycles. The summed E-state index contributed by atoms with van der Waals surface area (Å²) < 4.78 is 10.7. The molecule has 0 spiro atoms. The predicted octanol–water partition coefficient (Wildman–Crippen LogP) is 4.65. The Morgan fingerprint density at radius 2 is 1.83 bits per heavy atom. The van der Waals surface area contributed by atoms with Crippen molar-refractivity contribution in [1.82, 2.24) is 10.2 Å². The number of aryl methyl sites for hydroxylation is 2. The Kier molecular flexibility index (Phi) is 7.24. The molecule has 1 aromatic heterocycles. The molecule has 0 aliphatic rings. The maximum atomic E-state index is 12.2. The van der Waals surface area contributed by atoms with E-state index in [4.69, 9.17) is 9.15 Å². The fourth-order valence-corrected chi connectivity index (χ4v) is 3.11. The molecule has 156 valence electrons. The van der Waals surface area contributed by atoms with Crippen LogP contribution in [-0.4, -0.2) is 34.4 Å². The number of benzene rings is 2. The second-order valence-electron chi connectivity index (χ2n) is 6.72. The third-order valence-corrected chi connectivity index (χ3v) is 5.15. The van der Waals surface area contributed by atoms with Crippen molar-refractivity contribution in [3.05, 3.63) is 59.2 Å². The molecule has 0 aliphatic carbocycles. The number of nitrogens with zero attached hydrogens (tertiary/aromatic N) is 2. The summed E-state index contributed by atoms with van der Waals surface area (Å²) in [7, 11) is 0. The van der Waals surface area contributed by atoms with E-state index >= 15 is 0 Å². The zero-order valence-corrected chi connectivity index (χ0v) is 17.9. The first-order chi connectivity index (χ1) is 14.5. The molecule has 0 atom stereocenters. The minimum Gasteiger partial charge on any atom is -0.462 e. The van der Waals surface area contributed by atoms with Crippen molar-refractivity contribution in [3.8, 4) is 11.5 Å². The molecule has 0 fully saturated rings. The van der Waals surface area contributed by atoms with Crippen molar-refractivity contribution in [2.45, 2.75) is 32.4 Å². The molecule has 3 rings (SSSR count).